The quantitative estimate of drug-likeness (QED) is 0.521. The standard InChI is InChI=1S/C26H44F3N5O/c27-26(28,29)20-9-7-19(8-10-20)22-2-1-12-34(22)25-21-11-13-33(24(21)31-16-32-25)15-18-5-3-17(4-6-18)14-23(30)35/h17-22,24-25,31-32H,1-16H2,(H2,30,35)/t17?,18?,19?,20?,21?,22-,24?,25?/m1/s1. The van der Waals surface area contributed by atoms with Crippen LogP contribution >= 0.6 is 0 Å². The van der Waals surface area contributed by atoms with Crippen LogP contribution in [-0.2, 0) is 4.79 Å². The highest BCUT2D eigenvalue weighted by molar-refractivity contribution is 5.73. The van der Waals surface area contributed by atoms with E-state index >= 15 is 0 Å². The van der Waals surface area contributed by atoms with Gasteiger partial charge in [0.2, 0.25) is 5.91 Å². The molecule has 5 rings (SSSR count). The van der Waals surface area contributed by atoms with Gasteiger partial charge in [0.1, 0.15) is 0 Å². The lowest BCUT2D eigenvalue weighted by atomic mass is 9.77. The maximum Gasteiger partial charge on any atom is 0.391 e. The van der Waals surface area contributed by atoms with E-state index in [0.717, 1.165) is 71.2 Å². The van der Waals surface area contributed by atoms with E-state index in [-0.39, 0.29) is 5.91 Å². The smallest absolute Gasteiger partial charge is 0.370 e. The minimum Gasteiger partial charge on any atom is -0.370 e. The first kappa shape index (κ1) is 25.7. The number of alkyl halides is 3. The van der Waals surface area contributed by atoms with Crippen LogP contribution in [0.3, 0.4) is 0 Å². The SMILES string of the molecule is NC(=O)CC1CCC(CN2CCC3C2NCNC3N2CCC[C@@H]2C2CCC(C(F)(F)F)CC2)CC1. The Hall–Kier alpha value is -0.900. The number of rotatable bonds is 6. The first-order valence-corrected chi connectivity index (χ1v) is 14.1. The normalized spacial score (nSPS) is 41.7. The molecule has 0 aromatic heterocycles. The Morgan fingerprint density at radius 1 is 0.857 bits per heavy atom. The number of carbonyl (C=O) groups excluding carboxylic acids is 1. The van der Waals surface area contributed by atoms with Crippen LogP contribution in [0.4, 0.5) is 13.2 Å². The fourth-order valence-corrected chi connectivity index (χ4v) is 8.21. The molecule has 0 spiro atoms. The Morgan fingerprint density at radius 2 is 1.54 bits per heavy atom. The van der Waals surface area contributed by atoms with Gasteiger partial charge in [-0.1, -0.05) is 0 Å². The molecule has 0 radical (unpaired) electrons. The van der Waals surface area contributed by atoms with Gasteiger partial charge in [-0.2, -0.15) is 13.2 Å². The van der Waals surface area contributed by atoms with Crippen LogP contribution in [0.1, 0.15) is 77.0 Å². The molecular formula is C26H44F3N5O. The van der Waals surface area contributed by atoms with Gasteiger partial charge in [-0.15, -0.1) is 0 Å². The first-order valence-electron chi connectivity index (χ1n) is 14.1. The Morgan fingerprint density at radius 3 is 2.23 bits per heavy atom. The van der Waals surface area contributed by atoms with Crippen molar-refractivity contribution < 1.29 is 18.0 Å². The summed E-state index contributed by atoms with van der Waals surface area (Å²) < 4.78 is 39.6. The predicted octanol–water partition coefficient (Wildman–Crippen LogP) is 3.63. The maximum absolute atomic E-state index is 13.2. The van der Waals surface area contributed by atoms with Crippen LogP contribution in [-0.4, -0.2) is 66.6 Å². The third-order valence-electron chi connectivity index (χ3n) is 10.0. The Labute approximate surface area is 207 Å². The van der Waals surface area contributed by atoms with Gasteiger partial charge in [-0.05, 0) is 88.4 Å². The molecule has 2 saturated carbocycles. The lowest BCUT2D eigenvalue weighted by molar-refractivity contribution is -0.185. The van der Waals surface area contributed by atoms with Gasteiger partial charge in [0.05, 0.1) is 18.2 Å². The largest absolute Gasteiger partial charge is 0.391 e. The Balaban J connectivity index is 1.15. The molecule has 1 amide bonds. The van der Waals surface area contributed by atoms with Crippen molar-refractivity contribution in [3.8, 4) is 0 Å². The monoisotopic (exact) mass is 499 g/mol. The average Bonchev–Trinajstić information content (AvgIpc) is 3.47. The van der Waals surface area contributed by atoms with E-state index < -0.39 is 12.1 Å². The number of hydrogen-bond acceptors (Lipinski definition) is 5. The van der Waals surface area contributed by atoms with Gasteiger partial charge in [0.15, 0.2) is 0 Å². The number of hydrogen-bond donors (Lipinski definition) is 3. The van der Waals surface area contributed by atoms with Crippen LogP contribution in [0, 0.1) is 29.6 Å². The Kier molecular flexibility index (Phi) is 7.97. The molecule has 3 heterocycles. The molecular weight excluding hydrogens is 455 g/mol. The highest BCUT2D eigenvalue weighted by atomic mass is 19.4. The fourth-order valence-electron chi connectivity index (χ4n) is 8.21. The lowest BCUT2D eigenvalue weighted by Crippen LogP contribution is -2.66. The third kappa shape index (κ3) is 5.83. The van der Waals surface area contributed by atoms with Crippen LogP contribution in [0.15, 0.2) is 0 Å². The molecule has 0 bridgehead atoms. The van der Waals surface area contributed by atoms with E-state index in [1.807, 2.05) is 0 Å². The molecule has 6 nitrogen and oxygen atoms in total. The summed E-state index contributed by atoms with van der Waals surface area (Å²) in [6.45, 7) is 4.08. The van der Waals surface area contributed by atoms with E-state index in [2.05, 4.69) is 20.4 Å². The zero-order valence-corrected chi connectivity index (χ0v) is 20.9. The second-order valence-corrected chi connectivity index (χ2v) is 12.1. The van der Waals surface area contributed by atoms with E-state index in [9.17, 15) is 18.0 Å². The topological polar surface area (TPSA) is 73.6 Å². The summed E-state index contributed by atoms with van der Waals surface area (Å²) in [5, 5.41) is 7.47. The number of nitrogens with one attached hydrogen (secondary N) is 2. The van der Waals surface area contributed by atoms with Crippen LogP contribution in [0.5, 0.6) is 0 Å². The number of nitrogens with two attached hydrogens (primary N) is 1. The van der Waals surface area contributed by atoms with Crippen molar-refractivity contribution in [2.45, 2.75) is 102 Å². The van der Waals surface area contributed by atoms with E-state index in [1.165, 1.54) is 12.8 Å². The summed E-state index contributed by atoms with van der Waals surface area (Å²) in [6, 6.07) is 0.426. The second kappa shape index (κ2) is 10.8. The van der Waals surface area contributed by atoms with E-state index in [0.29, 0.717) is 61.3 Å². The minimum absolute atomic E-state index is 0.172. The summed E-state index contributed by atoms with van der Waals surface area (Å²) in [6.07, 6.45) is 7.29. The molecule has 200 valence electrons. The van der Waals surface area contributed by atoms with Crippen molar-refractivity contribution >= 4 is 5.91 Å². The number of primary amides is 1. The van der Waals surface area contributed by atoms with Crippen molar-refractivity contribution in [2.24, 2.45) is 35.3 Å². The fraction of sp³-hybridized carbons (Fsp3) is 0.962. The molecule has 0 aromatic carbocycles. The average molecular weight is 500 g/mol. The second-order valence-electron chi connectivity index (χ2n) is 12.1. The molecule has 3 saturated heterocycles. The molecule has 9 heteroatoms. The molecule has 2 aliphatic carbocycles. The van der Waals surface area contributed by atoms with Gasteiger partial charge < -0.3 is 5.73 Å². The molecule has 5 fully saturated rings. The molecule has 4 N–H and O–H groups in total. The van der Waals surface area contributed by atoms with Gasteiger partial charge in [0, 0.05) is 44.7 Å². The molecule has 5 aliphatic rings. The number of amides is 1. The van der Waals surface area contributed by atoms with E-state index in [4.69, 9.17) is 5.73 Å². The van der Waals surface area contributed by atoms with Crippen molar-refractivity contribution in [1.82, 2.24) is 20.4 Å². The van der Waals surface area contributed by atoms with Gasteiger partial charge >= 0.3 is 6.18 Å². The van der Waals surface area contributed by atoms with Crippen molar-refractivity contribution in [3.05, 3.63) is 0 Å². The summed E-state index contributed by atoms with van der Waals surface area (Å²) in [5.41, 5.74) is 5.40. The molecule has 3 aliphatic heterocycles. The summed E-state index contributed by atoms with van der Waals surface area (Å²) in [5.74, 6) is 0.811. The van der Waals surface area contributed by atoms with Gasteiger partial charge in [0.25, 0.3) is 0 Å². The highest BCUT2D eigenvalue weighted by Crippen LogP contribution is 2.44. The van der Waals surface area contributed by atoms with Gasteiger partial charge in [-0.25, -0.2) is 0 Å². The maximum atomic E-state index is 13.2. The third-order valence-corrected chi connectivity index (χ3v) is 10.0. The minimum atomic E-state index is -4.03. The van der Waals surface area contributed by atoms with Gasteiger partial charge in [-0.3, -0.25) is 25.2 Å². The number of likely N-dealkylation sites (tertiary alicyclic amines) is 2. The van der Waals surface area contributed by atoms with Crippen LogP contribution in [0.25, 0.3) is 0 Å². The zero-order chi connectivity index (χ0) is 24.6. The number of carbonyl (C=O) groups is 1. The van der Waals surface area contributed by atoms with Crippen LogP contribution in [0.2, 0.25) is 0 Å². The van der Waals surface area contributed by atoms with E-state index in [1.54, 1.807) is 0 Å². The zero-order valence-electron chi connectivity index (χ0n) is 20.9. The predicted molar refractivity (Wildman–Crippen MR) is 129 cm³/mol. The molecule has 0 aromatic rings. The van der Waals surface area contributed by atoms with Crippen LogP contribution < -0.4 is 16.4 Å². The summed E-state index contributed by atoms with van der Waals surface area (Å²) in [4.78, 5) is 16.6. The number of halogens is 3. The van der Waals surface area contributed by atoms with Crippen molar-refractivity contribution in [3.63, 3.8) is 0 Å². The van der Waals surface area contributed by atoms with Crippen molar-refractivity contribution in [1.29, 1.82) is 0 Å². The first-order chi connectivity index (χ1) is 16.8. The lowest BCUT2D eigenvalue weighted by Gasteiger charge is -2.47. The van der Waals surface area contributed by atoms with Crippen molar-refractivity contribution in [2.75, 3.05) is 26.3 Å². The Bertz CT molecular complexity index is 720. The number of nitrogens with zero attached hydrogens (tertiary/aromatic N) is 2. The highest BCUT2D eigenvalue weighted by Gasteiger charge is 2.49. The summed E-state index contributed by atoms with van der Waals surface area (Å²) >= 11 is 0. The number of fused-ring (bicyclic) bond motifs is 1. The molecule has 35 heavy (non-hydrogen) atoms. The summed E-state index contributed by atoms with van der Waals surface area (Å²) in [7, 11) is 0. The molecule has 4 atom stereocenters. The molecule has 3 unspecified atom stereocenters.